The van der Waals surface area contributed by atoms with Gasteiger partial charge < -0.3 is 15.6 Å². The van der Waals surface area contributed by atoms with Crippen LogP contribution in [0, 0.1) is 6.92 Å². The maximum Gasteiger partial charge on any atom is 0.156 e. The Morgan fingerprint density at radius 2 is 1.93 bits per heavy atom. The van der Waals surface area contributed by atoms with Gasteiger partial charge in [0.1, 0.15) is 12.7 Å². The summed E-state index contributed by atoms with van der Waals surface area (Å²) < 4.78 is 5.28. The van der Waals surface area contributed by atoms with Gasteiger partial charge in [0.25, 0.3) is 0 Å². The molecule has 0 heterocycles. The van der Waals surface area contributed by atoms with Gasteiger partial charge in [0.2, 0.25) is 0 Å². The van der Waals surface area contributed by atoms with Crippen molar-refractivity contribution in [1.29, 1.82) is 0 Å². The van der Waals surface area contributed by atoms with E-state index in [1.165, 1.54) is 0 Å². The number of hydrogen-bond acceptors (Lipinski definition) is 3. The summed E-state index contributed by atoms with van der Waals surface area (Å²) in [7, 11) is 0. The van der Waals surface area contributed by atoms with Gasteiger partial charge >= 0.3 is 0 Å². The zero-order chi connectivity index (χ0) is 11.4. The summed E-state index contributed by atoms with van der Waals surface area (Å²) in [6.45, 7) is 2.11. The number of nitrogens with two attached hydrogens (primary N) is 1. The van der Waals surface area contributed by atoms with Crippen LogP contribution in [0.25, 0.3) is 0 Å². The third-order valence-corrected chi connectivity index (χ3v) is 2.40. The van der Waals surface area contributed by atoms with Crippen LogP contribution in [0.5, 0.6) is 5.75 Å². The molecular weight excluding hydrogens is 237 g/mol. The van der Waals surface area contributed by atoms with Crippen molar-refractivity contribution in [2.45, 2.75) is 13.0 Å². The van der Waals surface area contributed by atoms with Gasteiger partial charge in [-0.3, -0.25) is 0 Å². The van der Waals surface area contributed by atoms with Crippen LogP contribution in [0.1, 0.15) is 5.56 Å². The van der Waals surface area contributed by atoms with Crippen LogP contribution < -0.4 is 10.5 Å². The minimum atomic E-state index is -0.710. The minimum Gasteiger partial charge on any atom is -0.488 e. The molecule has 84 valence electrons. The first-order valence-electron chi connectivity index (χ1n) is 4.51. The number of hydrogen-bond donors (Lipinski definition) is 2. The molecule has 3 N–H and O–H groups in total. The molecule has 1 atom stereocenters. The SMILES string of the molecule is Cc1cc(Cl)c(OCC(O)CN)c(Cl)c1. The highest BCUT2D eigenvalue weighted by atomic mass is 35.5. The molecule has 0 fully saturated rings. The second-order valence-electron chi connectivity index (χ2n) is 3.26. The van der Waals surface area contributed by atoms with Gasteiger partial charge in [-0.15, -0.1) is 0 Å². The Labute approximate surface area is 98.7 Å². The van der Waals surface area contributed by atoms with Crippen molar-refractivity contribution in [2.75, 3.05) is 13.2 Å². The lowest BCUT2D eigenvalue weighted by molar-refractivity contribution is 0.114. The standard InChI is InChI=1S/C10H13Cl2NO2/c1-6-2-8(11)10(9(12)3-6)15-5-7(14)4-13/h2-3,7,14H,4-5,13H2,1H3. The van der Waals surface area contributed by atoms with E-state index in [2.05, 4.69) is 0 Å². The smallest absolute Gasteiger partial charge is 0.156 e. The van der Waals surface area contributed by atoms with E-state index in [-0.39, 0.29) is 13.2 Å². The molecule has 0 aliphatic carbocycles. The number of benzene rings is 1. The fourth-order valence-corrected chi connectivity index (χ4v) is 1.78. The first kappa shape index (κ1) is 12.6. The topological polar surface area (TPSA) is 55.5 Å². The Hall–Kier alpha value is -0.480. The van der Waals surface area contributed by atoms with Crippen LogP contribution in [-0.4, -0.2) is 24.4 Å². The fraction of sp³-hybridized carbons (Fsp3) is 0.400. The summed E-state index contributed by atoms with van der Waals surface area (Å²) in [5.74, 6) is 0.386. The highest BCUT2D eigenvalue weighted by Crippen LogP contribution is 2.33. The Morgan fingerprint density at radius 1 is 1.40 bits per heavy atom. The molecule has 15 heavy (non-hydrogen) atoms. The Morgan fingerprint density at radius 3 is 2.40 bits per heavy atom. The molecule has 0 radical (unpaired) electrons. The number of ether oxygens (including phenoxy) is 1. The van der Waals surface area contributed by atoms with Crippen molar-refractivity contribution in [3.8, 4) is 5.75 Å². The summed E-state index contributed by atoms with van der Waals surface area (Å²) in [5, 5.41) is 10.1. The molecule has 0 aromatic heterocycles. The third-order valence-electron chi connectivity index (χ3n) is 1.83. The van der Waals surface area contributed by atoms with Gasteiger partial charge in [-0.2, -0.15) is 0 Å². The van der Waals surface area contributed by atoms with E-state index in [0.717, 1.165) is 5.56 Å². The van der Waals surface area contributed by atoms with Crippen LogP contribution in [0.3, 0.4) is 0 Å². The van der Waals surface area contributed by atoms with Crippen molar-refractivity contribution in [3.05, 3.63) is 27.7 Å². The number of rotatable bonds is 4. The van der Waals surface area contributed by atoms with E-state index in [1.807, 2.05) is 6.92 Å². The fourth-order valence-electron chi connectivity index (χ4n) is 1.07. The lowest BCUT2D eigenvalue weighted by atomic mass is 10.2. The van der Waals surface area contributed by atoms with E-state index in [9.17, 15) is 5.11 Å². The van der Waals surface area contributed by atoms with Crippen molar-refractivity contribution in [3.63, 3.8) is 0 Å². The number of aliphatic hydroxyl groups is 1. The molecule has 0 aliphatic heterocycles. The van der Waals surface area contributed by atoms with Crippen molar-refractivity contribution in [1.82, 2.24) is 0 Å². The van der Waals surface area contributed by atoms with E-state index in [4.69, 9.17) is 33.7 Å². The lowest BCUT2D eigenvalue weighted by Gasteiger charge is -2.13. The molecule has 0 aliphatic rings. The van der Waals surface area contributed by atoms with E-state index in [1.54, 1.807) is 12.1 Å². The predicted molar refractivity (Wildman–Crippen MR) is 61.8 cm³/mol. The predicted octanol–water partition coefficient (Wildman–Crippen LogP) is 2.00. The third kappa shape index (κ3) is 3.54. The summed E-state index contributed by atoms with van der Waals surface area (Å²) in [6.07, 6.45) is -0.710. The summed E-state index contributed by atoms with van der Waals surface area (Å²) in [5.41, 5.74) is 6.20. The average Bonchev–Trinajstić information content (AvgIpc) is 2.15. The van der Waals surface area contributed by atoms with Crippen LogP contribution in [0.2, 0.25) is 10.0 Å². The molecular formula is C10H13Cl2NO2. The molecule has 1 unspecified atom stereocenters. The van der Waals surface area contributed by atoms with Gasteiger partial charge in [-0.25, -0.2) is 0 Å². The number of aryl methyl sites for hydroxylation is 1. The zero-order valence-corrected chi connectivity index (χ0v) is 9.85. The average molecular weight is 250 g/mol. The monoisotopic (exact) mass is 249 g/mol. The first-order chi connectivity index (χ1) is 7.04. The molecule has 0 saturated carbocycles. The zero-order valence-electron chi connectivity index (χ0n) is 8.34. The second kappa shape index (κ2) is 5.56. The summed E-state index contributed by atoms with van der Waals surface area (Å²) >= 11 is 11.9. The van der Waals surface area contributed by atoms with Crippen LogP contribution in [-0.2, 0) is 0 Å². The Balaban J connectivity index is 2.77. The van der Waals surface area contributed by atoms with Gasteiger partial charge in [0.05, 0.1) is 10.0 Å². The summed E-state index contributed by atoms with van der Waals surface area (Å²) in [6, 6.07) is 3.50. The van der Waals surface area contributed by atoms with Gasteiger partial charge in [-0.05, 0) is 24.6 Å². The lowest BCUT2D eigenvalue weighted by Crippen LogP contribution is -2.26. The maximum atomic E-state index is 9.22. The normalized spacial score (nSPS) is 12.6. The number of aliphatic hydroxyl groups excluding tert-OH is 1. The second-order valence-corrected chi connectivity index (χ2v) is 4.07. The molecule has 1 aromatic rings. The molecule has 1 aromatic carbocycles. The van der Waals surface area contributed by atoms with Crippen LogP contribution in [0.15, 0.2) is 12.1 Å². The molecule has 0 spiro atoms. The minimum absolute atomic E-state index is 0.0823. The summed E-state index contributed by atoms with van der Waals surface area (Å²) in [4.78, 5) is 0. The van der Waals surface area contributed by atoms with Gasteiger partial charge in [0, 0.05) is 6.54 Å². The van der Waals surface area contributed by atoms with Crippen molar-refractivity contribution >= 4 is 23.2 Å². The molecule has 0 bridgehead atoms. The highest BCUT2D eigenvalue weighted by molar-refractivity contribution is 6.37. The molecule has 5 heteroatoms. The molecule has 3 nitrogen and oxygen atoms in total. The van der Waals surface area contributed by atoms with Crippen LogP contribution in [0.4, 0.5) is 0 Å². The van der Waals surface area contributed by atoms with Crippen molar-refractivity contribution < 1.29 is 9.84 Å². The van der Waals surface area contributed by atoms with Crippen molar-refractivity contribution in [2.24, 2.45) is 5.73 Å². The molecule has 1 rings (SSSR count). The van der Waals surface area contributed by atoms with Gasteiger partial charge in [0.15, 0.2) is 5.75 Å². The molecule has 0 amide bonds. The highest BCUT2D eigenvalue weighted by Gasteiger charge is 2.10. The van der Waals surface area contributed by atoms with Gasteiger partial charge in [-0.1, -0.05) is 23.2 Å². The Bertz CT molecular complexity index is 321. The quantitative estimate of drug-likeness (QED) is 0.859. The van der Waals surface area contributed by atoms with E-state index in [0.29, 0.717) is 15.8 Å². The first-order valence-corrected chi connectivity index (χ1v) is 5.26. The Kier molecular flexibility index (Phi) is 4.67. The molecule has 0 saturated heterocycles. The van der Waals surface area contributed by atoms with Crippen LogP contribution >= 0.6 is 23.2 Å². The largest absolute Gasteiger partial charge is 0.488 e. The van der Waals surface area contributed by atoms with E-state index >= 15 is 0 Å². The van der Waals surface area contributed by atoms with E-state index < -0.39 is 6.10 Å². The number of halogens is 2. The maximum absolute atomic E-state index is 9.22.